The number of hydrogen-bond donors (Lipinski definition) is 0. The van der Waals surface area contributed by atoms with E-state index in [4.69, 9.17) is 25.5 Å². The van der Waals surface area contributed by atoms with E-state index in [1.54, 1.807) is 0 Å². The van der Waals surface area contributed by atoms with Gasteiger partial charge in [0.05, 0.1) is 0 Å². The molecule has 0 aromatic rings. The van der Waals surface area contributed by atoms with E-state index in [1.165, 1.54) is 11.1 Å². The van der Waals surface area contributed by atoms with Crippen LogP contribution in [0.1, 0.15) is 20.3 Å². The Balaban J connectivity index is 0.000000218. The van der Waals surface area contributed by atoms with E-state index >= 15 is 0 Å². The predicted molar refractivity (Wildman–Crippen MR) is 48.4 cm³/mol. The molecule has 63 valence electrons. The summed E-state index contributed by atoms with van der Waals surface area (Å²) in [5.41, 5.74) is 2.65. The van der Waals surface area contributed by atoms with Gasteiger partial charge in [-0.1, -0.05) is 20.3 Å². The van der Waals surface area contributed by atoms with Crippen molar-refractivity contribution in [3.8, 4) is 0 Å². The van der Waals surface area contributed by atoms with E-state index in [2.05, 4.69) is 26.0 Å². The minimum absolute atomic E-state index is 1.12. The Morgan fingerprint density at radius 2 is 1.82 bits per heavy atom. The molecule has 0 aliphatic heterocycles. The topological polar surface area (TPSA) is 0 Å². The molecule has 4 heteroatoms. The molecule has 1 aliphatic carbocycles. The molecule has 0 aromatic carbocycles. The van der Waals surface area contributed by atoms with Crippen LogP contribution in [0.2, 0.25) is 0 Å². The minimum atomic E-state index is -2.13. The summed E-state index contributed by atoms with van der Waals surface area (Å²) in [5.74, 6) is 0. The molecule has 11 heavy (non-hydrogen) atoms. The van der Waals surface area contributed by atoms with Crippen molar-refractivity contribution in [2.24, 2.45) is 0 Å². The summed E-state index contributed by atoms with van der Waals surface area (Å²) < 4.78 is 0. The predicted octanol–water partition coefficient (Wildman–Crippen LogP) is 4.15. The van der Waals surface area contributed by atoms with Crippen molar-refractivity contribution in [3.63, 3.8) is 0 Å². The van der Waals surface area contributed by atoms with Gasteiger partial charge in [0.1, 0.15) is 0 Å². The van der Waals surface area contributed by atoms with Crippen molar-refractivity contribution in [1.29, 1.82) is 0 Å². The van der Waals surface area contributed by atoms with Gasteiger partial charge in [0.2, 0.25) is 0 Å². The van der Waals surface area contributed by atoms with Crippen LogP contribution in [-0.2, 0) is 18.2 Å². The molecule has 0 radical (unpaired) electrons. The van der Waals surface area contributed by atoms with Gasteiger partial charge in [-0.2, -0.15) is 5.57 Å². The van der Waals surface area contributed by atoms with Gasteiger partial charge in [0.15, 0.2) is 0 Å². The van der Waals surface area contributed by atoms with E-state index < -0.39 is 18.2 Å². The molecular weight excluding hydrogens is 282 g/mol. The zero-order chi connectivity index (χ0) is 8.85. The number of rotatable bonds is 0. The van der Waals surface area contributed by atoms with Crippen molar-refractivity contribution >= 4 is 25.5 Å². The van der Waals surface area contributed by atoms with Gasteiger partial charge in [-0.25, -0.2) is 11.6 Å². The fourth-order valence-corrected chi connectivity index (χ4v) is 0.745. The van der Waals surface area contributed by atoms with Gasteiger partial charge in [0, 0.05) is 0 Å². The van der Waals surface area contributed by atoms with E-state index in [0.29, 0.717) is 0 Å². The first-order chi connectivity index (χ1) is 5.02. The summed E-state index contributed by atoms with van der Waals surface area (Å²) in [4.78, 5) is 0. The van der Waals surface area contributed by atoms with Gasteiger partial charge in [-0.15, -0.1) is 0 Å². The quantitative estimate of drug-likeness (QED) is 0.588. The van der Waals surface area contributed by atoms with Gasteiger partial charge in [-0.3, -0.25) is 6.08 Å². The van der Waals surface area contributed by atoms with Crippen molar-refractivity contribution in [2.45, 2.75) is 20.3 Å². The van der Waals surface area contributed by atoms with Crippen LogP contribution in [0, 0.1) is 6.08 Å². The van der Waals surface area contributed by atoms with E-state index in [9.17, 15) is 0 Å². The SMILES string of the molecule is CC1=[C-]C(C)=CC1.[Cl][Zr]([Cl])[Cl]. The second-order valence-electron chi connectivity index (χ2n) is 2.21. The van der Waals surface area contributed by atoms with Crippen molar-refractivity contribution in [3.05, 3.63) is 23.3 Å². The van der Waals surface area contributed by atoms with Gasteiger partial charge < -0.3 is 0 Å². The first-order valence-corrected chi connectivity index (χ1v) is 12.6. The Bertz CT molecular complexity index is 170. The summed E-state index contributed by atoms with van der Waals surface area (Å²) in [7, 11) is 15.0. The molecule has 0 spiro atoms. The Labute approximate surface area is 86.5 Å². The molecule has 0 amide bonds. The van der Waals surface area contributed by atoms with Crippen LogP contribution in [0.3, 0.4) is 0 Å². The Kier molecular flexibility index (Phi) is 7.47. The van der Waals surface area contributed by atoms with Crippen LogP contribution >= 0.6 is 25.5 Å². The summed E-state index contributed by atoms with van der Waals surface area (Å²) in [6.07, 6.45) is 6.50. The van der Waals surface area contributed by atoms with Crippen LogP contribution in [0.15, 0.2) is 17.2 Å². The Morgan fingerprint density at radius 3 is 1.91 bits per heavy atom. The monoisotopic (exact) mass is 288 g/mol. The molecule has 0 bridgehead atoms. The van der Waals surface area contributed by atoms with E-state index in [1.807, 2.05) is 0 Å². The van der Waals surface area contributed by atoms with E-state index in [0.717, 1.165) is 6.42 Å². The van der Waals surface area contributed by atoms with Crippen LogP contribution in [0.5, 0.6) is 0 Å². The third-order valence-corrected chi connectivity index (χ3v) is 1.12. The summed E-state index contributed by atoms with van der Waals surface area (Å²) >= 11 is -2.13. The fraction of sp³-hybridized carbons (Fsp3) is 0.429. The zero-order valence-electron chi connectivity index (χ0n) is 6.42. The number of hydrogen-bond acceptors (Lipinski definition) is 0. The summed E-state index contributed by atoms with van der Waals surface area (Å²) in [6, 6.07) is 0. The van der Waals surface area contributed by atoms with Gasteiger partial charge >= 0.3 is 43.7 Å². The van der Waals surface area contributed by atoms with Crippen LogP contribution < -0.4 is 0 Å². The molecule has 0 unspecified atom stereocenters. The summed E-state index contributed by atoms with van der Waals surface area (Å²) in [5, 5.41) is 0. The molecule has 1 rings (SSSR count). The third-order valence-electron chi connectivity index (χ3n) is 1.12. The van der Waals surface area contributed by atoms with Crippen molar-refractivity contribution in [2.75, 3.05) is 0 Å². The maximum absolute atomic E-state index is 5.00. The van der Waals surface area contributed by atoms with Crippen LogP contribution in [0.25, 0.3) is 0 Å². The molecule has 0 saturated heterocycles. The average Bonchev–Trinajstić information content (AvgIpc) is 2.13. The molecule has 0 nitrogen and oxygen atoms in total. The standard InChI is InChI=1S/C7H9.3ClH.Zr/c1-6-3-4-7(2)5-6;;;;/h3H,4H2,1-2H3;3*1H;/q-1;;;;+3/p-3. The first-order valence-electron chi connectivity index (χ1n) is 3.12. The van der Waals surface area contributed by atoms with Gasteiger partial charge in [0.25, 0.3) is 0 Å². The summed E-state index contributed by atoms with van der Waals surface area (Å²) in [6.45, 7) is 4.18. The second kappa shape index (κ2) is 6.72. The Hall–Kier alpha value is 1.23. The average molecular weight is 291 g/mol. The molecule has 0 N–H and O–H groups in total. The molecule has 0 aromatic heterocycles. The molecule has 0 saturated carbocycles. The molecule has 0 heterocycles. The fourth-order valence-electron chi connectivity index (χ4n) is 0.745. The molecular formula is C7H9Cl3Zr-. The molecule has 0 atom stereocenters. The molecule has 0 fully saturated rings. The maximum atomic E-state index is 5.00. The van der Waals surface area contributed by atoms with Crippen LogP contribution in [-0.4, -0.2) is 0 Å². The van der Waals surface area contributed by atoms with Crippen molar-refractivity contribution < 1.29 is 18.2 Å². The second-order valence-corrected chi connectivity index (χ2v) is 13.4. The Morgan fingerprint density at radius 1 is 1.36 bits per heavy atom. The van der Waals surface area contributed by atoms with Crippen LogP contribution in [0.4, 0.5) is 0 Å². The number of allylic oxidation sites excluding steroid dienone is 4. The normalized spacial score (nSPS) is 14.6. The zero-order valence-corrected chi connectivity index (χ0v) is 11.1. The third kappa shape index (κ3) is 9.14. The number of halogens is 3. The first kappa shape index (κ1) is 12.2. The van der Waals surface area contributed by atoms with Crippen molar-refractivity contribution in [1.82, 2.24) is 0 Å². The van der Waals surface area contributed by atoms with Gasteiger partial charge in [-0.05, 0) is 0 Å². The van der Waals surface area contributed by atoms with E-state index in [-0.39, 0.29) is 0 Å². The molecule has 1 aliphatic rings.